The van der Waals surface area contributed by atoms with E-state index in [1.807, 2.05) is 6.92 Å². The number of hydrogen-bond donors (Lipinski definition) is 1. The van der Waals surface area contributed by atoms with Crippen molar-refractivity contribution in [3.05, 3.63) is 34.3 Å². The van der Waals surface area contributed by atoms with Crippen LogP contribution in [0, 0.1) is 6.92 Å². The molecule has 120 valence electrons. The van der Waals surface area contributed by atoms with Crippen molar-refractivity contribution in [3.63, 3.8) is 0 Å². The average molecular weight is 342 g/mol. The summed E-state index contributed by atoms with van der Waals surface area (Å²) in [5, 5.41) is 0.965. The minimum absolute atomic E-state index is 0.0647. The van der Waals surface area contributed by atoms with Gasteiger partial charge in [-0.25, -0.2) is 18.1 Å². The van der Waals surface area contributed by atoms with Gasteiger partial charge >= 0.3 is 0 Å². The molecule has 0 saturated heterocycles. The number of ether oxygens (including phenoxy) is 2. The molecule has 0 aliphatic rings. The molecule has 6 nitrogen and oxygen atoms in total. The molecule has 0 spiro atoms. The molecule has 0 aliphatic carbocycles. The van der Waals surface area contributed by atoms with Gasteiger partial charge in [-0.2, -0.15) is 0 Å². The minimum atomic E-state index is -3.67. The lowest BCUT2D eigenvalue weighted by molar-refractivity contribution is 0.392. The van der Waals surface area contributed by atoms with Gasteiger partial charge in [-0.15, -0.1) is 11.3 Å². The first-order valence-electron chi connectivity index (χ1n) is 6.59. The lowest BCUT2D eigenvalue weighted by Crippen LogP contribution is -2.26. The standard InChI is InChI=1S/C14H18N2O4S2/c1-10-15-9-12(21-10)6-7-16-22(17,18)14-8-11(19-2)4-5-13(14)20-3/h4-5,8-9,16H,6-7H2,1-3H3. The van der Waals surface area contributed by atoms with Crippen LogP contribution in [0.5, 0.6) is 11.5 Å². The highest BCUT2D eigenvalue weighted by molar-refractivity contribution is 7.89. The van der Waals surface area contributed by atoms with Crippen LogP contribution in [0.3, 0.4) is 0 Å². The van der Waals surface area contributed by atoms with Gasteiger partial charge in [0.15, 0.2) is 0 Å². The van der Waals surface area contributed by atoms with Gasteiger partial charge in [0, 0.05) is 23.7 Å². The van der Waals surface area contributed by atoms with E-state index >= 15 is 0 Å². The predicted molar refractivity (Wildman–Crippen MR) is 85.3 cm³/mol. The summed E-state index contributed by atoms with van der Waals surface area (Å²) in [4.78, 5) is 5.25. The minimum Gasteiger partial charge on any atom is -0.497 e. The summed E-state index contributed by atoms with van der Waals surface area (Å²) in [5.41, 5.74) is 0. The van der Waals surface area contributed by atoms with Crippen LogP contribution in [-0.4, -0.2) is 34.2 Å². The maximum Gasteiger partial charge on any atom is 0.244 e. The van der Waals surface area contributed by atoms with Gasteiger partial charge in [-0.05, 0) is 25.5 Å². The van der Waals surface area contributed by atoms with E-state index in [9.17, 15) is 8.42 Å². The Morgan fingerprint density at radius 3 is 2.64 bits per heavy atom. The maximum absolute atomic E-state index is 12.4. The molecule has 1 aromatic carbocycles. The summed E-state index contributed by atoms with van der Waals surface area (Å²) in [5.74, 6) is 0.737. The summed E-state index contributed by atoms with van der Waals surface area (Å²) in [7, 11) is -0.754. The van der Waals surface area contributed by atoms with Gasteiger partial charge in [0.2, 0.25) is 10.0 Å². The first kappa shape index (κ1) is 16.7. The molecule has 1 heterocycles. The van der Waals surface area contributed by atoms with Crippen LogP contribution in [-0.2, 0) is 16.4 Å². The molecule has 0 fully saturated rings. The average Bonchev–Trinajstić information content (AvgIpc) is 2.91. The summed E-state index contributed by atoms with van der Waals surface area (Å²) in [6.07, 6.45) is 2.36. The monoisotopic (exact) mass is 342 g/mol. The number of aryl methyl sites for hydroxylation is 1. The highest BCUT2D eigenvalue weighted by atomic mass is 32.2. The van der Waals surface area contributed by atoms with Crippen LogP contribution in [0.4, 0.5) is 0 Å². The number of thiazole rings is 1. The van der Waals surface area contributed by atoms with Crippen molar-refractivity contribution in [2.24, 2.45) is 0 Å². The van der Waals surface area contributed by atoms with Gasteiger partial charge in [-0.1, -0.05) is 0 Å². The molecule has 0 aliphatic heterocycles. The Hall–Kier alpha value is -1.64. The zero-order chi connectivity index (χ0) is 16.2. The van der Waals surface area contributed by atoms with Gasteiger partial charge in [0.05, 0.1) is 19.2 Å². The number of sulfonamides is 1. The SMILES string of the molecule is COc1ccc(OC)c(S(=O)(=O)NCCc2cnc(C)s2)c1. The van der Waals surface area contributed by atoms with E-state index in [4.69, 9.17) is 9.47 Å². The maximum atomic E-state index is 12.4. The second-order valence-corrected chi connectivity index (χ2v) is 7.56. The molecule has 0 radical (unpaired) electrons. The Morgan fingerprint density at radius 2 is 2.05 bits per heavy atom. The first-order valence-corrected chi connectivity index (χ1v) is 8.89. The Balaban J connectivity index is 2.12. The van der Waals surface area contributed by atoms with Crippen molar-refractivity contribution in [3.8, 4) is 11.5 Å². The van der Waals surface area contributed by atoms with Crippen molar-refractivity contribution >= 4 is 21.4 Å². The van der Waals surface area contributed by atoms with Gasteiger partial charge in [0.25, 0.3) is 0 Å². The lowest BCUT2D eigenvalue weighted by Gasteiger charge is -2.11. The molecule has 2 aromatic rings. The van der Waals surface area contributed by atoms with E-state index in [2.05, 4.69) is 9.71 Å². The van der Waals surface area contributed by atoms with E-state index in [1.54, 1.807) is 29.7 Å². The van der Waals surface area contributed by atoms with E-state index in [-0.39, 0.29) is 10.6 Å². The molecule has 0 amide bonds. The van der Waals surface area contributed by atoms with Crippen LogP contribution in [0.1, 0.15) is 9.88 Å². The summed E-state index contributed by atoms with van der Waals surface area (Å²) >= 11 is 1.56. The van der Waals surface area contributed by atoms with Crippen LogP contribution in [0.25, 0.3) is 0 Å². The van der Waals surface area contributed by atoms with E-state index < -0.39 is 10.0 Å². The third kappa shape index (κ3) is 3.96. The molecule has 22 heavy (non-hydrogen) atoms. The van der Waals surface area contributed by atoms with Crippen molar-refractivity contribution in [1.29, 1.82) is 0 Å². The molecule has 1 N–H and O–H groups in total. The fourth-order valence-electron chi connectivity index (χ4n) is 1.90. The summed E-state index contributed by atoms with van der Waals surface area (Å²) < 4.78 is 37.6. The van der Waals surface area contributed by atoms with Gasteiger partial charge in [-0.3, -0.25) is 0 Å². The molecule has 8 heteroatoms. The van der Waals surface area contributed by atoms with Crippen molar-refractivity contribution < 1.29 is 17.9 Å². The molecule has 0 bridgehead atoms. The quantitative estimate of drug-likeness (QED) is 0.832. The zero-order valence-corrected chi connectivity index (χ0v) is 14.3. The molecular weight excluding hydrogens is 324 g/mol. The highest BCUT2D eigenvalue weighted by Gasteiger charge is 2.20. The van der Waals surface area contributed by atoms with E-state index in [0.717, 1.165) is 9.88 Å². The smallest absolute Gasteiger partial charge is 0.244 e. The third-order valence-corrected chi connectivity index (χ3v) is 5.45. The van der Waals surface area contributed by atoms with Crippen molar-refractivity contribution in [2.45, 2.75) is 18.2 Å². The number of nitrogens with one attached hydrogen (secondary N) is 1. The van der Waals surface area contributed by atoms with Crippen molar-refractivity contribution in [1.82, 2.24) is 9.71 Å². The number of hydrogen-bond acceptors (Lipinski definition) is 6. The lowest BCUT2D eigenvalue weighted by atomic mass is 10.3. The number of nitrogens with zero attached hydrogens (tertiary/aromatic N) is 1. The Labute approximate surface area is 134 Å². The largest absolute Gasteiger partial charge is 0.497 e. The Bertz CT molecular complexity index is 741. The van der Waals surface area contributed by atoms with Crippen LogP contribution in [0.15, 0.2) is 29.3 Å². The Morgan fingerprint density at radius 1 is 1.27 bits per heavy atom. The molecule has 0 saturated carbocycles. The van der Waals surface area contributed by atoms with Crippen LogP contribution < -0.4 is 14.2 Å². The summed E-state index contributed by atoms with van der Waals surface area (Å²) in [6, 6.07) is 4.66. The number of benzene rings is 1. The molecular formula is C14H18N2O4S2. The zero-order valence-electron chi connectivity index (χ0n) is 12.6. The fraction of sp³-hybridized carbons (Fsp3) is 0.357. The molecule has 0 atom stereocenters. The third-order valence-electron chi connectivity index (χ3n) is 2.99. The van der Waals surface area contributed by atoms with Gasteiger partial charge in [0.1, 0.15) is 16.4 Å². The topological polar surface area (TPSA) is 77.5 Å². The summed E-state index contributed by atoms with van der Waals surface area (Å²) in [6.45, 7) is 2.21. The van der Waals surface area contributed by atoms with Crippen molar-refractivity contribution in [2.75, 3.05) is 20.8 Å². The van der Waals surface area contributed by atoms with Crippen LogP contribution >= 0.6 is 11.3 Å². The second-order valence-electron chi connectivity index (χ2n) is 4.51. The fourth-order valence-corrected chi connectivity index (χ4v) is 3.91. The number of rotatable bonds is 7. The highest BCUT2D eigenvalue weighted by Crippen LogP contribution is 2.28. The number of methoxy groups -OCH3 is 2. The molecule has 0 unspecified atom stereocenters. The predicted octanol–water partition coefficient (Wildman–Crippen LogP) is 1.99. The van der Waals surface area contributed by atoms with Gasteiger partial charge < -0.3 is 9.47 Å². The van der Waals surface area contributed by atoms with Crippen LogP contribution in [0.2, 0.25) is 0 Å². The molecule has 2 rings (SSSR count). The Kier molecular flexibility index (Phi) is 5.38. The molecule has 1 aromatic heterocycles. The number of aromatic nitrogens is 1. The van der Waals surface area contributed by atoms with E-state index in [0.29, 0.717) is 18.7 Å². The second kappa shape index (κ2) is 7.08. The van der Waals surface area contributed by atoms with E-state index in [1.165, 1.54) is 20.3 Å². The normalized spacial score (nSPS) is 11.4. The first-order chi connectivity index (χ1) is 10.5.